The Morgan fingerprint density at radius 2 is 2.33 bits per heavy atom. The van der Waals surface area contributed by atoms with E-state index in [1.54, 1.807) is 13.3 Å². The van der Waals surface area contributed by atoms with Crippen LogP contribution in [-0.2, 0) is 0 Å². The fourth-order valence-corrected chi connectivity index (χ4v) is 1.72. The number of aromatic nitrogens is 1. The van der Waals surface area contributed by atoms with Gasteiger partial charge in [-0.15, -0.1) is 0 Å². The lowest BCUT2D eigenvalue weighted by molar-refractivity contribution is 0.369. The minimum atomic E-state index is 0.875. The quantitative estimate of drug-likeness (QED) is 0.734. The van der Waals surface area contributed by atoms with Gasteiger partial charge in [-0.25, -0.2) is 0 Å². The molecule has 0 bridgehead atoms. The number of likely N-dealkylation sites (N-methyl/N-ethyl adjacent to an activating group) is 1. The lowest BCUT2D eigenvalue weighted by Gasteiger charge is -2.21. The first-order chi connectivity index (χ1) is 7.29. The summed E-state index contributed by atoms with van der Waals surface area (Å²) in [4.78, 5) is 6.66. The van der Waals surface area contributed by atoms with Gasteiger partial charge in [0.25, 0.3) is 0 Å². The molecular formula is C12H16N2O. The topological polar surface area (TPSA) is 25.4 Å². The average molecular weight is 204 g/mol. The van der Waals surface area contributed by atoms with Crippen molar-refractivity contribution in [1.29, 1.82) is 0 Å². The third-order valence-electron chi connectivity index (χ3n) is 2.71. The smallest absolute Gasteiger partial charge is 0.122 e. The molecular weight excluding hydrogens is 188 g/mol. The summed E-state index contributed by atoms with van der Waals surface area (Å²) in [6.45, 7) is 2.11. The Bertz CT molecular complexity index is 374. The van der Waals surface area contributed by atoms with Gasteiger partial charge in [0, 0.05) is 25.4 Å². The van der Waals surface area contributed by atoms with Crippen molar-refractivity contribution in [2.45, 2.75) is 6.42 Å². The summed E-state index contributed by atoms with van der Waals surface area (Å²) in [6, 6.07) is 3.87. The predicted octanol–water partition coefficient (Wildman–Crippen LogP) is 1.81. The first-order valence-electron chi connectivity index (χ1n) is 5.17. The van der Waals surface area contributed by atoms with Crippen LogP contribution in [-0.4, -0.2) is 37.1 Å². The van der Waals surface area contributed by atoms with Crippen molar-refractivity contribution in [3.63, 3.8) is 0 Å². The van der Waals surface area contributed by atoms with E-state index in [0.29, 0.717) is 0 Å². The van der Waals surface area contributed by atoms with Gasteiger partial charge in [-0.3, -0.25) is 4.98 Å². The highest BCUT2D eigenvalue weighted by atomic mass is 16.5. The number of rotatable bonds is 2. The van der Waals surface area contributed by atoms with Crippen LogP contribution in [0.4, 0.5) is 0 Å². The Labute approximate surface area is 90.4 Å². The fourth-order valence-electron chi connectivity index (χ4n) is 1.72. The number of nitrogens with zero attached hydrogens (tertiary/aromatic N) is 2. The molecule has 1 aliphatic rings. The van der Waals surface area contributed by atoms with Gasteiger partial charge in [-0.2, -0.15) is 0 Å². The van der Waals surface area contributed by atoms with Gasteiger partial charge in [0.15, 0.2) is 0 Å². The second-order valence-corrected chi connectivity index (χ2v) is 3.82. The van der Waals surface area contributed by atoms with Gasteiger partial charge in [-0.05, 0) is 25.1 Å². The Kier molecular flexibility index (Phi) is 3.02. The summed E-state index contributed by atoms with van der Waals surface area (Å²) in [5, 5.41) is 0. The molecule has 1 aromatic heterocycles. The van der Waals surface area contributed by atoms with Crippen LogP contribution in [0.1, 0.15) is 12.1 Å². The van der Waals surface area contributed by atoms with E-state index >= 15 is 0 Å². The molecule has 15 heavy (non-hydrogen) atoms. The molecule has 0 atom stereocenters. The zero-order chi connectivity index (χ0) is 10.7. The van der Waals surface area contributed by atoms with Gasteiger partial charge < -0.3 is 9.64 Å². The molecule has 2 heterocycles. The van der Waals surface area contributed by atoms with E-state index in [2.05, 4.69) is 23.0 Å². The summed E-state index contributed by atoms with van der Waals surface area (Å²) >= 11 is 0. The van der Waals surface area contributed by atoms with Gasteiger partial charge in [-0.1, -0.05) is 6.08 Å². The fraction of sp³-hybridized carbons (Fsp3) is 0.417. The van der Waals surface area contributed by atoms with Gasteiger partial charge >= 0.3 is 0 Å². The van der Waals surface area contributed by atoms with Crippen LogP contribution in [0.25, 0.3) is 5.57 Å². The molecule has 0 spiro atoms. The van der Waals surface area contributed by atoms with Crippen LogP contribution < -0.4 is 4.74 Å². The Morgan fingerprint density at radius 1 is 1.47 bits per heavy atom. The average Bonchev–Trinajstić information content (AvgIpc) is 2.30. The lowest BCUT2D eigenvalue weighted by Crippen LogP contribution is -2.23. The maximum atomic E-state index is 5.19. The van der Waals surface area contributed by atoms with E-state index in [9.17, 15) is 0 Å². The Morgan fingerprint density at radius 3 is 3.00 bits per heavy atom. The van der Waals surface area contributed by atoms with Crippen molar-refractivity contribution in [2.24, 2.45) is 0 Å². The van der Waals surface area contributed by atoms with Crippen molar-refractivity contribution >= 4 is 5.57 Å². The van der Waals surface area contributed by atoms with E-state index in [-0.39, 0.29) is 0 Å². The lowest BCUT2D eigenvalue weighted by atomic mass is 10.0. The molecule has 0 aliphatic carbocycles. The highest BCUT2D eigenvalue weighted by Gasteiger charge is 2.10. The van der Waals surface area contributed by atoms with Crippen LogP contribution in [0.3, 0.4) is 0 Å². The van der Waals surface area contributed by atoms with Crippen LogP contribution >= 0.6 is 0 Å². The summed E-state index contributed by atoms with van der Waals surface area (Å²) in [7, 11) is 3.81. The number of pyridine rings is 1. The molecule has 0 saturated carbocycles. The van der Waals surface area contributed by atoms with Crippen molar-refractivity contribution in [2.75, 3.05) is 27.2 Å². The second-order valence-electron chi connectivity index (χ2n) is 3.82. The van der Waals surface area contributed by atoms with E-state index in [1.165, 1.54) is 5.57 Å². The van der Waals surface area contributed by atoms with Gasteiger partial charge in [0.05, 0.1) is 12.8 Å². The number of hydrogen-bond acceptors (Lipinski definition) is 3. The molecule has 3 heteroatoms. The summed E-state index contributed by atoms with van der Waals surface area (Å²) < 4.78 is 5.19. The molecule has 1 aliphatic heterocycles. The molecule has 0 fully saturated rings. The van der Waals surface area contributed by atoms with E-state index in [4.69, 9.17) is 4.74 Å². The van der Waals surface area contributed by atoms with Crippen molar-refractivity contribution in [3.05, 3.63) is 30.1 Å². The molecule has 0 unspecified atom stereocenters. The number of ether oxygens (including phenoxy) is 1. The van der Waals surface area contributed by atoms with Crippen LogP contribution in [0.15, 0.2) is 24.4 Å². The minimum absolute atomic E-state index is 0.875. The Hall–Kier alpha value is -1.35. The molecule has 0 aromatic carbocycles. The van der Waals surface area contributed by atoms with Gasteiger partial charge in [0.2, 0.25) is 0 Å². The third-order valence-corrected chi connectivity index (χ3v) is 2.71. The van der Waals surface area contributed by atoms with Crippen LogP contribution in [0.5, 0.6) is 5.75 Å². The monoisotopic (exact) mass is 204 g/mol. The zero-order valence-electron chi connectivity index (χ0n) is 9.23. The summed E-state index contributed by atoms with van der Waals surface area (Å²) in [5.74, 6) is 0.875. The zero-order valence-corrected chi connectivity index (χ0v) is 9.23. The molecule has 0 amide bonds. The molecule has 0 radical (unpaired) electrons. The first-order valence-corrected chi connectivity index (χ1v) is 5.17. The number of methoxy groups -OCH3 is 1. The maximum Gasteiger partial charge on any atom is 0.122 e. The highest BCUT2D eigenvalue weighted by molar-refractivity contribution is 5.64. The second kappa shape index (κ2) is 4.45. The molecule has 1 aromatic rings. The molecule has 0 saturated heterocycles. The SMILES string of the molecule is COc1ccnc(C2=CCN(C)CC2)c1. The Balaban J connectivity index is 2.22. The largest absolute Gasteiger partial charge is 0.497 e. The van der Waals surface area contributed by atoms with Crippen molar-refractivity contribution < 1.29 is 4.74 Å². The van der Waals surface area contributed by atoms with E-state index < -0.39 is 0 Å². The third kappa shape index (κ3) is 2.36. The highest BCUT2D eigenvalue weighted by Crippen LogP contribution is 2.22. The molecule has 80 valence electrons. The van der Waals surface area contributed by atoms with E-state index in [0.717, 1.165) is 31.0 Å². The predicted molar refractivity (Wildman–Crippen MR) is 60.9 cm³/mol. The van der Waals surface area contributed by atoms with Crippen molar-refractivity contribution in [3.8, 4) is 5.75 Å². The maximum absolute atomic E-state index is 5.19. The van der Waals surface area contributed by atoms with E-state index in [1.807, 2.05) is 12.1 Å². The molecule has 3 nitrogen and oxygen atoms in total. The number of hydrogen-bond donors (Lipinski definition) is 0. The van der Waals surface area contributed by atoms with Crippen molar-refractivity contribution in [1.82, 2.24) is 9.88 Å². The van der Waals surface area contributed by atoms with Crippen LogP contribution in [0, 0.1) is 0 Å². The normalized spacial score (nSPS) is 17.3. The van der Waals surface area contributed by atoms with Crippen LogP contribution in [0.2, 0.25) is 0 Å². The molecule has 0 N–H and O–H groups in total. The first kappa shape index (κ1) is 10.2. The standard InChI is InChI=1S/C12H16N2O/c1-14-7-4-10(5-8-14)12-9-11(15-2)3-6-13-12/h3-4,6,9H,5,7-8H2,1-2H3. The summed E-state index contributed by atoms with van der Waals surface area (Å²) in [5.41, 5.74) is 2.37. The van der Waals surface area contributed by atoms with Gasteiger partial charge in [0.1, 0.15) is 5.75 Å². The summed E-state index contributed by atoms with van der Waals surface area (Å²) in [6.07, 6.45) is 5.11. The molecule has 2 rings (SSSR count). The minimum Gasteiger partial charge on any atom is -0.497 e.